The van der Waals surface area contributed by atoms with E-state index >= 15 is 0 Å². The van der Waals surface area contributed by atoms with Crippen LogP contribution in [0.15, 0.2) is 18.2 Å². The van der Waals surface area contributed by atoms with Crippen molar-refractivity contribution in [3.8, 4) is 0 Å². The van der Waals surface area contributed by atoms with E-state index in [-0.39, 0.29) is 23.6 Å². The smallest absolute Gasteiger partial charge is 0.238 e. The molecular formula is C19H28N4O3. The number of amides is 3. The van der Waals surface area contributed by atoms with Crippen molar-refractivity contribution in [3.05, 3.63) is 23.8 Å². The van der Waals surface area contributed by atoms with Crippen molar-refractivity contribution in [2.75, 3.05) is 44.4 Å². The fourth-order valence-corrected chi connectivity index (χ4v) is 3.08. The molecule has 26 heavy (non-hydrogen) atoms. The van der Waals surface area contributed by atoms with Gasteiger partial charge in [-0.05, 0) is 57.6 Å². The lowest BCUT2D eigenvalue weighted by molar-refractivity contribution is -0.132. The maximum Gasteiger partial charge on any atom is 0.238 e. The molecule has 7 heteroatoms. The second-order valence-corrected chi connectivity index (χ2v) is 7.11. The van der Waals surface area contributed by atoms with Gasteiger partial charge < -0.3 is 20.4 Å². The fraction of sp³-hybridized carbons (Fsp3) is 0.526. The highest BCUT2D eigenvalue weighted by Crippen LogP contribution is 2.22. The molecule has 1 fully saturated rings. The minimum atomic E-state index is -0.188. The van der Waals surface area contributed by atoms with E-state index in [9.17, 15) is 14.4 Å². The lowest BCUT2D eigenvalue weighted by atomic mass is 9.97. The van der Waals surface area contributed by atoms with Gasteiger partial charge in [-0.2, -0.15) is 0 Å². The summed E-state index contributed by atoms with van der Waals surface area (Å²) in [5.41, 5.74) is 2.30. The highest BCUT2D eigenvalue weighted by atomic mass is 16.2. The lowest BCUT2D eigenvalue weighted by Gasteiger charge is -2.31. The summed E-state index contributed by atoms with van der Waals surface area (Å²) in [6.45, 7) is 4.93. The molecule has 1 aromatic rings. The van der Waals surface area contributed by atoms with E-state index in [1.54, 1.807) is 21.9 Å². The second kappa shape index (κ2) is 8.80. The van der Waals surface area contributed by atoms with Crippen LogP contribution in [0, 0.1) is 12.8 Å². The molecular weight excluding hydrogens is 332 g/mol. The van der Waals surface area contributed by atoms with E-state index in [0.29, 0.717) is 18.8 Å². The number of carbonyl (C=O) groups is 3. The molecule has 0 aromatic heterocycles. The molecule has 0 aliphatic carbocycles. The van der Waals surface area contributed by atoms with Gasteiger partial charge in [0.15, 0.2) is 0 Å². The van der Waals surface area contributed by atoms with Gasteiger partial charge in [-0.1, -0.05) is 0 Å². The molecule has 142 valence electrons. The van der Waals surface area contributed by atoms with E-state index in [1.807, 2.05) is 27.1 Å². The van der Waals surface area contributed by atoms with Crippen molar-refractivity contribution in [2.45, 2.75) is 26.7 Å². The average molecular weight is 360 g/mol. The number of hydrogen-bond donors (Lipinski definition) is 2. The first-order valence-corrected chi connectivity index (χ1v) is 8.88. The SMILES string of the molecule is CC(=O)N1CCCC(C(=O)Nc2ccc(NC(=O)CN(C)C)c(C)c2)C1. The van der Waals surface area contributed by atoms with Crippen molar-refractivity contribution in [3.63, 3.8) is 0 Å². The normalized spacial score (nSPS) is 17.1. The predicted molar refractivity (Wildman–Crippen MR) is 102 cm³/mol. The van der Waals surface area contributed by atoms with Crippen LogP contribution >= 0.6 is 0 Å². The summed E-state index contributed by atoms with van der Waals surface area (Å²) in [6, 6.07) is 5.41. The van der Waals surface area contributed by atoms with Gasteiger partial charge in [-0.15, -0.1) is 0 Å². The number of anilines is 2. The summed E-state index contributed by atoms with van der Waals surface area (Å²) < 4.78 is 0. The van der Waals surface area contributed by atoms with Crippen LogP contribution in [0.3, 0.4) is 0 Å². The third kappa shape index (κ3) is 5.56. The number of likely N-dealkylation sites (N-methyl/N-ethyl adjacent to an activating group) is 1. The van der Waals surface area contributed by atoms with Crippen LogP contribution in [0.1, 0.15) is 25.3 Å². The Bertz CT molecular complexity index is 687. The zero-order chi connectivity index (χ0) is 19.3. The molecule has 1 aliphatic rings. The Kier molecular flexibility index (Phi) is 6.74. The van der Waals surface area contributed by atoms with Crippen LogP contribution in [0.4, 0.5) is 11.4 Å². The summed E-state index contributed by atoms with van der Waals surface area (Å²) in [6.07, 6.45) is 1.63. The van der Waals surface area contributed by atoms with Crippen molar-refractivity contribution < 1.29 is 14.4 Å². The molecule has 1 saturated heterocycles. The zero-order valence-corrected chi connectivity index (χ0v) is 16.0. The molecule has 1 heterocycles. The summed E-state index contributed by atoms with van der Waals surface area (Å²) in [5, 5.41) is 5.79. The van der Waals surface area contributed by atoms with Gasteiger partial charge in [-0.3, -0.25) is 14.4 Å². The molecule has 0 spiro atoms. The number of rotatable bonds is 5. The number of nitrogens with one attached hydrogen (secondary N) is 2. The first-order chi connectivity index (χ1) is 12.3. The van der Waals surface area contributed by atoms with Gasteiger partial charge in [0.2, 0.25) is 17.7 Å². The van der Waals surface area contributed by atoms with E-state index < -0.39 is 0 Å². The van der Waals surface area contributed by atoms with Crippen molar-refractivity contribution in [2.24, 2.45) is 5.92 Å². The third-order valence-electron chi connectivity index (χ3n) is 4.47. The Morgan fingerprint density at radius 1 is 1.23 bits per heavy atom. The van der Waals surface area contributed by atoms with Gasteiger partial charge in [0, 0.05) is 31.4 Å². The highest BCUT2D eigenvalue weighted by molar-refractivity contribution is 5.95. The summed E-state index contributed by atoms with van der Waals surface area (Å²) in [4.78, 5) is 39.4. The predicted octanol–water partition coefficient (Wildman–Crippen LogP) is 1.69. The molecule has 0 radical (unpaired) electrons. The second-order valence-electron chi connectivity index (χ2n) is 7.11. The van der Waals surface area contributed by atoms with Crippen LogP contribution in [0.5, 0.6) is 0 Å². The average Bonchev–Trinajstić information content (AvgIpc) is 2.56. The zero-order valence-electron chi connectivity index (χ0n) is 16.0. The van der Waals surface area contributed by atoms with Crippen LogP contribution in [0.25, 0.3) is 0 Å². The number of piperidine rings is 1. The molecule has 2 rings (SSSR count). The quantitative estimate of drug-likeness (QED) is 0.837. The van der Waals surface area contributed by atoms with Gasteiger partial charge in [0.1, 0.15) is 0 Å². The van der Waals surface area contributed by atoms with Crippen LogP contribution in [-0.4, -0.2) is 61.3 Å². The molecule has 2 N–H and O–H groups in total. The first-order valence-electron chi connectivity index (χ1n) is 8.88. The van der Waals surface area contributed by atoms with E-state index in [0.717, 1.165) is 30.6 Å². The van der Waals surface area contributed by atoms with Crippen LogP contribution < -0.4 is 10.6 Å². The fourth-order valence-electron chi connectivity index (χ4n) is 3.08. The molecule has 7 nitrogen and oxygen atoms in total. The van der Waals surface area contributed by atoms with Gasteiger partial charge in [0.05, 0.1) is 12.5 Å². The minimum Gasteiger partial charge on any atom is -0.342 e. The summed E-state index contributed by atoms with van der Waals surface area (Å²) in [5.74, 6) is -0.329. The maximum absolute atomic E-state index is 12.5. The van der Waals surface area contributed by atoms with Gasteiger partial charge in [-0.25, -0.2) is 0 Å². The Labute approximate surface area is 154 Å². The van der Waals surface area contributed by atoms with E-state index in [4.69, 9.17) is 0 Å². The molecule has 1 aromatic carbocycles. The Balaban J connectivity index is 1.97. The number of benzene rings is 1. The Hall–Kier alpha value is -2.41. The van der Waals surface area contributed by atoms with E-state index in [1.165, 1.54) is 6.92 Å². The minimum absolute atomic E-state index is 0.0103. The first kappa shape index (κ1) is 19.9. The molecule has 3 amide bonds. The topological polar surface area (TPSA) is 81.8 Å². The standard InChI is InChI=1S/C19H28N4O3/c1-13-10-16(7-8-17(13)21-18(25)12-22(3)4)20-19(26)15-6-5-9-23(11-15)14(2)24/h7-8,10,15H,5-6,9,11-12H2,1-4H3,(H,20,26)(H,21,25). The molecule has 1 aliphatic heterocycles. The van der Waals surface area contributed by atoms with Crippen molar-refractivity contribution in [1.29, 1.82) is 0 Å². The molecule has 1 unspecified atom stereocenters. The Morgan fingerprint density at radius 2 is 1.96 bits per heavy atom. The van der Waals surface area contributed by atoms with Crippen molar-refractivity contribution in [1.82, 2.24) is 9.80 Å². The number of aryl methyl sites for hydroxylation is 1. The van der Waals surface area contributed by atoms with Gasteiger partial charge in [0.25, 0.3) is 0 Å². The van der Waals surface area contributed by atoms with Crippen LogP contribution in [0.2, 0.25) is 0 Å². The Morgan fingerprint density at radius 3 is 2.58 bits per heavy atom. The van der Waals surface area contributed by atoms with Gasteiger partial charge >= 0.3 is 0 Å². The maximum atomic E-state index is 12.5. The number of hydrogen-bond acceptors (Lipinski definition) is 4. The summed E-state index contributed by atoms with van der Waals surface area (Å²) in [7, 11) is 3.67. The monoisotopic (exact) mass is 360 g/mol. The number of carbonyl (C=O) groups excluding carboxylic acids is 3. The largest absolute Gasteiger partial charge is 0.342 e. The molecule has 1 atom stereocenters. The molecule has 0 bridgehead atoms. The molecule has 0 saturated carbocycles. The third-order valence-corrected chi connectivity index (χ3v) is 4.47. The van der Waals surface area contributed by atoms with Crippen LogP contribution in [-0.2, 0) is 14.4 Å². The van der Waals surface area contributed by atoms with Crippen molar-refractivity contribution >= 4 is 29.1 Å². The summed E-state index contributed by atoms with van der Waals surface area (Å²) >= 11 is 0. The highest BCUT2D eigenvalue weighted by Gasteiger charge is 2.27. The number of likely N-dealkylation sites (tertiary alicyclic amines) is 1. The number of nitrogens with zero attached hydrogens (tertiary/aromatic N) is 2. The van der Waals surface area contributed by atoms with E-state index in [2.05, 4.69) is 10.6 Å². The lowest BCUT2D eigenvalue weighted by Crippen LogP contribution is -2.42.